The van der Waals surface area contributed by atoms with Gasteiger partial charge in [0.05, 0.1) is 6.04 Å². The minimum absolute atomic E-state index is 0.0482. The van der Waals surface area contributed by atoms with Gasteiger partial charge in [0.25, 0.3) is 0 Å². The molecule has 1 heterocycles. The molecular weight excluding hydrogens is 186 g/mol. The van der Waals surface area contributed by atoms with Gasteiger partial charge in [0, 0.05) is 5.56 Å². The molecule has 1 N–H and O–H groups in total. The second-order valence-corrected chi connectivity index (χ2v) is 4.31. The van der Waals surface area contributed by atoms with Gasteiger partial charge in [-0.05, 0) is 50.4 Å². The fourth-order valence-electron chi connectivity index (χ4n) is 2.00. The van der Waals surface area contributed by atoms with Crippen LogP contribution >= 0.6 is 0 Å². The molecule has 0 saturated carbocycles. The van der Waals surface area contributed by atoms with Gasteiger partial charge in [-0.3, -0.25) is 4.79 Å². The Hall–Kier alpha value is -1.15. The summed E-state index contributed by atoms with van der Waals surface area (Å²) in [6, 6.07) is 6.01. The maximum atomic E-state index is 12.0. The minimum atomic E-state index is 0.0482. The van der Waals surface area contributed by atoms with E-state index in [4.69, 9.17) is 0 Å². The Morgan fingerprint density at radius 3 is 2.73 bits per heavy atom. The molecule has 0 aromatic heterocycles. The van der Waals surface area contributed by atoms with Gasteiger partial charge >= 0.3 is 0 Å². The van der Waals surface area contributed by atoms with E-state index in [9.17, 15) is 4.79 Å². The highest BCUT2D eigenvalue weighted by molar-refractivity contribution is 6.00. The Balaban J connectivity index is 2.21. The molecule has 1 aromatic carbocycles. The molecule has 1 atom stereocenters. The summed E-state index contributed by atoms with van der Waals surface area (Å²) in [6.45, 7) is 5.09. The highest BCUT2D eigenvalue weighted by atomic mass is 16.1. The van der Waals surface area contributed by atoms with Crippen LogP contribution in [0.2, 0.25) is 0 Å². The summed E-state index contributed by atoms with van der Waals surface area (Å²) in [5, 5.41) is 3.24. The van der Waals surface area contributed by atoms with Crippen molar-refractivity contribution in [1.29, 1.82) is 0 Å². The highest BCUT2D eigenvalue weighted by Crippen LogP contribution is 2.15. The Kier molecular flexibility index (Phi) is 2.87. The Morgan fingerprint density at radius 2 is 2.13 bits per heavy atom. The Labute approximate surface area is 90.7 Å². The van der Waals surface area contributed by atoms with Gasteiger partial charge in [-0.2, -0.15) is 0 Å². The second kappa shape index (κ2) is 4.15. The number of carbonyl (C=O) groups excluding carboxylic acids is 1. The normalized spacial score (nSPS) is 20.5. The van der Waals surface area contributed by atoms with Gasteiger partial charge < -0.3 is 5.32 Å². The molecule has 0 unspecified atom stereocenters. The molecule has 0 radical (unpaired) electrons. The molecule has 2 rings (SSSR count). The van der Waals surface area contributed by atoms with Crippen LogP contribution in [0.4, 0.5) is 0 Å². The summed E-state index contributed by atoms with van der Waals surface area (Å²) in [6.07, 6.45) is 2.09. The van der Waals surface area contributed by atoms with Crippen molar-refractivity contribution in [3.05, 3.63) is 34.9 Å². The van der Waals surface area contributed by atoms with Gasteiger partial charge in [0.1, 0.15) is 0 Å². The zero-order chi connectivity index (χ0) is 10.8. The first-order valence-electron chi connectivity index (χ1n) is 5.53. The van der Waals surface area contributed by atoms with Crippen molar-refractivity contribution in [2.24, 2.45) is 0 Å². The number of hydrogen-bond donors (Lipinski definition) is 1. The maximum absolute atomic E-state index is 12.0. The van der Waals surface area contributed by atoms with Crippen molar-refractivity contribution >= 4 is 5.78 Å². The summed E-state index contributed by atoms with van der Waals surface area (Å²) in [7, 11) is 0. The van der Waals surface area contributed by atoms with E-state index in [0.29, 0.717) is 0 Å². The number of aryl methyl sites for hydroxylation is 2. The number of hydrogen-bond acceptors (Lipinski definition) is 2. The third kappa shape index (κ3) is 2.10. The lowest BCUT2D eigenvalue weighted by Gasteiger charge is -2.10. The fraction of sp³-hybridized carbons (Fsp3) is 0.462. The average molecular weight is 203 g/mol. The minimum Gasteiger partial charge on any atom is -0.307 e. The quantitative estimate of drug-likeness (QED) is 0.747. The van der Waals surface area contributed by atoms with Gasteiger partial charge in [-0.1, -0.05) is 12.1 Å². The lowest BCUT2D eigenvalue weighted by Crippen LogP contribution is -2.30. The second-order valence-electron chi connectivity index (χ2n) is 4.31. The largest absolute Gasteiger partial charge is 0.307 e. The summed E-state index contributed by atoms with van der Waals surface area (Å²) < 4.78 is 0. The predicted molar refractivity (Wildman–Crippen MR) is 61.3 cm³/mol. The zero-order valence-electron chi connectivity index (χ0n) is 9.34. The fourth-order valence-corrected chi connectivity index (χ4v) is 2.00. The molecule has 0 aliphatic carbocycles. The third-order valence-corrected chi connectivity index (χ3v) is 3.17. The summed E-state index contributed by atoms with van der Waals surface area (Å²) >= 11 is 0. The van der Waals surface area contributed by atoms with E-state index in [2.05, 4.69) is 12.2 Å². The van der Waals surface area contributed by atoms with Crippen molar-refractivity contribution < 1.29 is 4.79 Å². The molecule has 0 amide bonds. The SMILES string of the molecule is Cc1ccc(C(=O)[C@@H]2CCCN2)cc1C. The van der Waals surface area contributed by atoms with E-state index in [0.717, 1.165) is 24.9 Å². The number of carbonyl (C=O) groups is 1. The third-order valence-electron chi connectivity index (χ3n) is 3.17. The van der Waals surface area contributed by atoms with E-state index in [1.165, 1.54) is 11.1 Å². The van der Waals surface area contributed by atoms with Crippen molar-refractivity contribution in [2.75, 3.05) is 6.54 Å². The van der Waals surface area contributed by atoms with Crippen LogP contribution in [0.15, 0.2) is 18.2 Å². The molecule has 0 bridgehead atoms. The standard InChI is InChI=1S/C13H17NO/c1-9-5-6-11(8-10(9)2)13(15)12-4-3-7-14-12/h5-6,8,12,14H,3-4,7H2,1-2H3/t12-/m0/s1. The van der Waals surface area contributed by atoms with Crippen LogP contribution in [0.1, 0.15) is 34.3 Å². The number of rotatable bonds is 2. The average Bonchev–Trinajstić information content (AvgIpc) is 2.74. The van der Waals surface area contributed by atoms with Crippen LogP contribution in [0.3, 0.4) is 0 Å². The summed E-state index contributed by atoms with van der Waals surface area (Å²) in [5.41, 5.74) is 3.28. The van der Waals surface area contributed by atoms with Gasteiger partial charge in [0.15, 0.2) is 5.78 Å². The van der Waals surface area contributed by atoms with E-state index >= 15 is 0 Å². The molecule has 1 aliphatic rings. The molecule has 15 heavy (non-hydrogen) atoms. The zero-order valence-corrected chi connectivity index (χ0v) is 9.34. The molecule has 0 spiro atoms. The van der Waals surface area contributed by atoms with Crippen molar-refractivity contribution in [3.63, 3.8) is 0 Å². The molecule has 1 saturated heterocycles. The van der Waals surface area contributed by atoms with Crippen LogP contribution in [0, 0.1) is 13.8 Å². The van der Waals surface area contributed by atoms with Gasteiger partial charge in [0.2, 0.25) is 0 Å². The first-order chi connectivity index (χ1) is 7.18. The number of benzene rings is 1. The smallest absolute Gasteiger partial charge is 0.179 e. The molecule has 1 fully saturated rings. The molecular formula is C13H17NO. The van der Waals surface area contributed by atoms with Crippen molar-refractivity contribution in [3.8, 4) is 0 Å². The first-order valence-corrected chi connectivity index (χ1v) is 5.53. The van der Waals surface area contributed by atoms with Gasteiger partial charge in [-0.25, -0.2) is 0 Å². The van der Waals surface area contributed by atoms with Gasteiger partial charge in [-0.15, -0.1) is 0 Å². The molecule has 1 aromatic rings. The van der Waals surface area contributed by atoms with E-state index in [-0.39, 0.29) is 11.8 Å². The Bertz CT molecular complexity index is 378. The topological polar surface area (TPSA) is 29.1 Å². The number of Topliss-reactive ketones (excluding diaryl/α,β-unsaturated/α-hetero) is 1. The van der Waals surface area contributed by atoms with Crippen LogP contribution in [0.25, 0.3) is 0 Å². The van der Waals surface area contributed by atoms with Crippen LogP contribution in [-0.2, 0) is 0 Å². The van der Waals surface area contributed by atoms with Crippen molar-refractivity contribution in [1.82, 2.24) is 5.32 Å². The lowest BCUT2D eigenvalue weighted by molar-refractivity contribution is 0.0952. The lowest BCUT2D eigenvalue weighted by atomic mass is 9.99. The van der Waals surface area contributed by atoms with E-state index < -0.39 is 0 Å². The van der Waals surface area contributed by atoms with Crippen LogP contribution in [-0.4, -0.2) is 18.4 Å². The maximum Gasteiger partial charge on any atom is 0.179 e. The van der Waals surface area contributed by atoms with Crippen LogP contribution < -0.4 is 5.32 Å². The Morgan fingerprint density at radius 1 is 1.33 bits per heavy atom. The summed E-state index contributed by atoms with van der Waals surface area (Å²) in [5.74, 6) is 0.246. The predicted octanol–water partition coefficient (Wildman–Crippen LogP) is 2.24. The monoisotopic (exact) mass is 203 g/mol. The first kappa shape index (κ1) is 10.4. The van der Waals surface area contributed by atoms with Crippen LogP contribution in [0.5, 0.6) is 0 Å². The van der Waals surface area contributed by atoms with E-state index in [1.807, 2.05) is 25.1 Å². The molecule has 80 valence electrons. The van der Waals surface area contributed by atoms with E-state index in [1.54, 1.807) is 0 Å². The molecule has 2 heteroatoms. The summed E-state index contributed by atoms with van der Waals surface area (Å²) in [4.78, 5) is 12.0. The highest BCUT2D eigenvalue weighted by Gasteiger charge is 2.23. The molecule has 2 nitrogen and oxygen atoms in total. The number of nitrogens with one attached hydrogen (secondary N) is 1. The molecule has 1 aliphatic heterocycles. The van der Waals surface area contributed by atoms with Crippen molar-refractivity contribution in [2.45, 2.75) is 32.7 Å². The number of ketones is 1.